The molecule has 2 nitrogen and oxygen atoms in total. The average Bonchev–Trinajstić information content (AvgIpc) is 2.37. The molecule has 0 radical (unpaired) electrons. The van der Waals surface area contributed by atoms with Crippen LogP contribution >= 0.6 is 66.1 Å². The highest BCUT2D eigenvalue weighted by Crippen LogP contribution is 2.25. The molecule has 98 valence electrons. The van der Waals surface area contributed by atoms with Crippen LogP contribution in [-0.2, 0) is 0 Å². The van der Waals surface area contributed by atoms with E-state index in [1.54, 1.807) is 18.2 Å². The first-order chi connectivity index (χ1) is 8.97. The summed E-state index contributed by atoms with van der Waals surface area (Å²) < 4.78 is 2.74. The molecule has 0 heterocycles. The molecule has 0 fully saturated rings. The van der Waals surface area contributed by atoms with E-state index >= 15 is 0 Å². The summed E-state index contributed by atoms with van der Waals surface area (Å²) in [5.41, 5.74) is 1.30. The molecule has 0 aliphatic heterocycles. The van der Waals surface area contributed by atoms with Crippen LogP contribution in [0.3, 0.4) is 0 Å². The van der Waals surface area contributed by atoms with Gasteiger partial charge in [-0.15, -0.1) is 0 Å². The molecule has 1 N–H and O–H groups in total. The van der Waals surface area contributed by atoms with Gasteiger partial charge in [0.05, 0.1) is 5.02 Å². The van der Waals surface area contributed by atoms with Gasteiger partial charge >= 0.3 is 0 Å². The molecular formula is C13H7Br2ClINO. The molecule has 0 saturated carbocycles. The highest BCUT2D eigenvalue weighted by molar-refractivity contribution is 14.1. The van der Waals surface area contributed by atoms with Crippen LogP contribution in [0, 0.1) is 3.57 Å². The molecule has 0 saturated heterocycles. The van der Waals surface area contributed by atoms with Crippen molar-refractivity contribution >= 4 is 77.6 Å². The van der Waals surface area contributed by atoms with Crippen molar-refractivity contribution in [1.29, 1.82) is 0 Å². The molecule has 0 unspecified atom stereocenters. The van der Waals surface area contributed by atoms with Crippen molar-refractivity contribution in [2.75, 3.05) is 5.32 Å². The van der Waals surface area contributed by atoms with E-state index in [9.17, 15) is 4.79 Å². The summed E-state index contributed by atoms with van der Waals surface area (Å²) >= 11 is 14.8. The van der Waals surface area contributed by atoms with Crippen molar-refractivity contribution in [1.82, 2.24) is 0 Å². The van der Waals surface area contributed by atoms with E-state index in [-0.39, 0.29) is 5.91 Å². The monoisotopic (exact) mass is 513 g/mol. The van der Waals surface area contributed by atoms with Crippen LogP contribution in [0.2, 0.25) is 5.02 Å². The van der Waals surface area contributed by atoms with Crippen LogP contribution in [0.5, 0.6) is 0 Å². The Hall–Kier alpha value is -0.110. The topological polar surface area (TPSA) is 29.1 Å². The minimum atomic E-state index is -0.171. The zero-order chi connectivity index (χ0) is 14.0. The zero-order valence-corrected chi connectivity index (χ0v) is 15.5. The number of hydrogen-bond acceptors (Lipinski definition) is 1. The minimum Gasteiger partial charge on any atom is -0.322 e. The molecule has 19 heavy (non-hydrogen) atoms. The Balaban J connectivity index is 2.20. The van der Waals surface area contributed by atoms with Crippen molar-refractivity contribution in [3.05, 3.63) is 59.5 Å². The second-order valence-corrected chi connectivity index (χ2v) is 6.99. The number of amides is 1. The van der Waals surface area contributed by atoms with E-state index in [0.29, 0.717) is 15.1 Å². The first kappa shape index (κ1) is 15.3. The maximum atomic E-state index is 12.1. The van der Waals surface area contributed by atoms with Gasteiger partial charge in [-0.25, -0.2) is 0 Å². The second kappa shape index (κ2) is 6.56. The molecule has 1 amide bonds. The molecule has 0 spiro atoms. The molecule has 2 aromatic rings. The standard InChI is InChI=1S/C13H7Br2ClINO/c14-9-3-2-8(6-12(9)17)18-13(19)7-1-4-11(16)10(15)5-7/h1-6H,(H,18,19). The molecule has 0 bridgehead atoms. The zero-order valence-electron chi connectivity index (χ0n) is 9.38. The highest BCUT2D eigenvalue weighted by Gasteiger charge is 2.09. The number of carbonyl (C=O) groups excluding carboxylic acids is 1. The maximum absolute atomic E-state index is 12.1. The van der Waals surface area contributed by atoms with E-state index in [2.05, 4.69) is 59.8 Å². The predicted octanol–water partition coefficient (Wildman–Crippen LogP) is 5.72. The van der Waals surface area contributed by atoms with E-state index in [4.69, 9.17) is 11.6 Å². The van der Waals surface area contributed by atoms with Gasteiger partial charge in [0.25, 0.3) is 5.91 Å². The Morgan fingerprint density at radius 3 is 2.47 bits per heavy atom. The average molecular weight is 515 g/mol. The van der Waals surface area contributed by atoms with Crippen LogP contribution in [0.4, 0.5) is 5.69 Å². The summed E-state index contributed by atoms with van der Waals surface area (Å²) in [5.74, 6) is -0.171. The number of halogens is 4. The Morgan fingerprint density at radius 2 is 1.84 bits per heavy atom. The number of benzene rings is 2. The lowest BCUT2D eigenvalue weighted by atomic mass is 10.2. The third-order valence-corrected chi connectivity index (χ3v) is 5.90. The number of hydrogen-bond donors (Lipinski definition) is 1. The van der Waals surface area contributed by atoms with Crippen molar-refractivity contribution < 1.29 is 4.79 Å². The van der Waals surface area contributed by atoms with Crippen molar-refractivity contribution in [2.24, 2.45) is 0 Å². The van der Waals surface area contributed by atoms with E-state index in [1.165, 1.54) is 0 Å². The third-order valence-electron chi connectivity index (χ3n) is 2.36. The molecule has 2 rings (SSSR count). The number of carbonyl (C=O) groups is 1. The number of nitrogens with one attached hydrogen (secondary N) is 1. The second-order valence-electron chi connectivity index (χ2n) is 3.71. The van der Waals surface area contributed by atoms with Gasteiger partial charge in [0.15, 0.2) is 0 Å². The summed E-state index contributed by atoms with van der Waals surface area (Å²) in [7, 11) is 0. The minimum absolute atomic E-state index is 0.171. The van der Waals surface area contributed by atoms with Crippen molar-refractivity contribution in [2.45, 2.75) is 0 Å². The van der Waals surface area contributed by atoms with Gasteiger partial charge < -0.3 is 5.32 Å². The summed E-state index contributed by atoms with van der Waals surface area (Å²) in [6.07, 6.45) is 0. The fourth-order valence-corrected chi connectivity index (χ4v) is 2.67. The highest BCUT2D eigenvalue weighted by atomic mass is 127. The summed E-state index contributed by atoms with van der Waals surface area (Å²) in [4.78, 5) is 12.1. The summed E-state index contributed by atoms with van der Waals surface area (Å²) in [6.45, 7) is 0. The summed E-state index contributed by atoms with van der Waals surface area (Å²) in [5, 5.41) is 3.42. The Morgan fingerprint density at radius 1 is 1.11 bits per heavy atom. The van der Waals surface area contributed by atoms with Gasteiger partial charge in [-0.05, 0) is 90.8 Å². The molecule has 0 atom stereocenters. The van der Waals surface area contributed by atoms with Crippen LogP contribution in [-0.4, -0.2) is 5.91 Å². The largest absolute Gasteiger partial charge is 0.322 e. The molecule has 0 aliphatic rings. The van der Waals surface area contributed by atoms with Crippen molar-refractivity contribution in [3.63, 3.8) is 0 Å². The molecular weight excluding hydrogens is 508 g/mol. The third kappa shape index (κ3) is 3.93. The Bertz CT molecular complexity index is 649. The quantitative estimate of drug-likeness (QED) is 0.510. The fraction of sp³-hybridized carbons (Fsp3) is 0. The normalized spacial score (nSPS) is 10.3. The van der Waals surface area contributed by atoms with Gasteiger partial charge in [-0.2, -0.15) is 0 Å². The molecule has 0 aromatic heterocycles. The van der Waals surface area contributed by atoms with E-state index in [1.807, 2.05) is 18.2 Å². The Kier molecular flexibility index (Phi) is 5.28. The lowest BCUT2D eigenvalue weighted by Gasteiger charge is -2.07. The first-order valence-corrected chi connectivity index (χ1v) is 8.23. The molecule has 6 heteroatoms. The van der Waals surface area contributed by atoms with E-state index < -0.39 is 0 Å². The van der Waals surface area contributed by atoms with Gasteiger partial charge in [0.1, 0.15) is 0 Å². The first-order valence-electron chi connectivity index (χ1n) is 5.19. The SMILES string of the molecule is O=C(Nc1ccc(Br)c(I)c1)c1ccc(Cl)c(Br)c1. The van der Waals surface area contributed by atoms with Gasteiger partial charge in [-0.1, -0.05) is 11.6 Å². The summed E-state index contributed by atoms with van der Waals surface area (Å²) in [6, 6.07) is 10.7. The van der Waals surface area contributed by atoms with Gasteiger partial charge in [0.2, 0.25) is 0 Å². The predicted molar refractivity (Wildman–Crippen MR) is 94.0 cm³/mol. The van der Waals surface area contributed by atoms with E-state index in [0.717, 1.165) is 13.7 Å². The Labute approximate surface area is 146 Å². The van der Waals surface area contributed by atoms with Crippen LogP contribution in [0.1, 0.15) is 10.4 Å². The number of rotatable bonds is 2. The van der Waals surface area contributed by atoms with Crippen LogP contribution in [0.15, 0.2) is 45.3 Å². The smallest absolute Gasteiger partial charge is 0.255 e. The molecule has 2 aromatic carbocycles. The van der Waals surface area contributed by atoms with Gasteiger partial charge in [0, 0.05) is 23.8 Å². The maximum Gasteiger partial charge on any atom is 0.255 e. The fourth-order valence-electron chi connectivity index (χ4n) is 1.41. The van der Waals surface area contributed by atoms with Gasteiger partial charge in [-0.3, -0.25) is 4.79 Å². The van der Waals surface area contributed by atoms with Crippen molar-refractivity contribution in [3.8, 4) is 0 Å². The van der Waals surface area contributed by atoms with Crippen LogP contribution < -0.4 is 5.32 Å². The lowest BCUT2D eigenvalue weighted by Crippen LogP contribution is -2.11. The lowest BCUT2D eigenvalue weighted by molar-refractivity contribution is 0.102. The number of anilines is 1. The van der Waals surface area contributed by atoms with Crippen LogP contribution in [0.25, 0.3) is 0 Å². The molecule has 0 aliphatic carbocycles.